The molecule has 1 heterocycles. The van der Waals surface area contributed by atoms with Crippen LogP contribution >= 0.6 is 0 Å². The number of nitrogens with zero attached hydrogens (tertiary/aromatic N) is 1. The second-order valence-electron chi connectivity index (χ2n) is 7.90. The molecule has 0 aromatic heterocycles. The fourth-order valence-electron chi connectivity index (χ4n) is 3.33. The maximum Gasteiger partial charge on any atom is 0.258 e. The Morgan fingerprint density at radius 3 is 2.30 bits per heavy atom. The first-order valence-corrected chi connectivity index (χ1v) is 8.05. The van der Waals surface area contributed by atoms with Crippen LogP contribution in [-0.2, 0) is 0 Å². The van der Waals surface area contributed by atoms with Crippen molar-refractivity contribution in [1.82, 2.24) is 10.1 Å². The lowest BCUT2D eigenvalue weighted by molar-refractivity contribution is 0.281. The van der Waals surface area contributed by atoms with Crippen LogP contribution in [0.5, 0.6) is 0 Å². The Labute approximate surface area is 125 Å². The molecule has 0 aromatic carbocycles. The molecule has 2 aliphatic rings. The summed E-state index contributed by atoms with van der Waals surface area (Å²) >= 11 is 0. The molecule has 112 valence electrons. The molecule has 0 bridgehead atoms. The van der Waals surface area contributed by atoms with Crippen LogP contribution in [0.2, 0.25) is 5.31 Å². The van der Waals surface area contributed by atoms with E-state index in [1.54, 1.807) is 11.0 Å². The monoisotopic (exact) mass is 274 g/mol. The minimum absolute atomic E-state index is 0.258. The van der Waals surface area contributed by atoms with Crippen molar-refractivity contribution >= 4 is 6.85 Å². The highest BCUT2D eigenvalue weighted by Gasteiger charge is 2.57. The highest BCUT2D eigenvalue weighted by atomic mass is 15.0. The first-order valence-electron chi connectivity index (χ1n) is 8.05. The van der Waals surface area contributed by atoms with E-state index in [2.05, 4.69) is 64.1 Å². The van der Waals surface area contributed by atoms with E-state index in [9.17, 15) is 0 Å². The third kappa shape index (κ3) is 3.04. The molecule has 1 N–H and O–H groups in total. The van der Waals surface area contributed by atoms with E-state index < -0.39 is 0 Å². The molecule has 0 radical (unpaired) electrons. The van der Waals surface area contributed by atoms with E-state index in [4.69, 9.17) is 0 Å². The molecule has 1 aliphatic carbocycles. The van der Waals surface area contributed by atoms with Crippen LogP contribution in [0.1, 0.15) is 53.4 Å². The fourth-order valence-corrected chi connectivity index (χ4v) is 3.33. The van der Waals surface area contributed by atoms with Crippen molar-refractivity contribution in [3.63, 3.8) is 0 Å². The van der Waals surface area contributed by atoms with Crippen molar-refractivity contribution in [2.75, 3.05) is 20.6 Å². The molecule has 2 rings (SSSR count). The zero-order chi connectivity index (χ0) is 15.0. The zero-order valence-electron chi connectivity index (χ0n) is 14.2. The second kappa shape index (κ2) is 5.69. The molecule has 3 heteroatoms. The van der Waals surface area contributed by atoms with E-state index in [0.717, 1.165) is 0 Å². The van der Waals surface area contributed by atoms with E-state index in [-0.39, 0.29) is 5.54 Å². The molecular formula is C17H31BN2. The minimum atomic E-state index is 0.258. The van der Waals surface area contributed by atoms with Crippen molar-refractivity contribution in [3.05, 3.63) is 23.2 Å². The number of allylic oxidation sites excluding steroid dienone is 4. The van der Waals surface area contributed by atoms with Crippen LogP contribution in [0.25, 0.3) is 0 Å². The van der Waals surface area contributed by atoms with Gasteiger partial charge < -0.3 is 10.1 Å². The van der Waals surface area contributed by atoms with Crippen molar-refractivity contribution in [2.45, 2.75) is 64.2 Å². The Kier molecular flexibility index (Phi) is 4.51. The average Bonchev–Trinajstić information content (AvgIpc) is 2.37. The Balaban J connectivity index is 1.91. The van der Waals surface area contributed by atoms with E-state index in [1.807, 2.05) is 0 Å². The van der Waals surface area contributed by atoms with Crippen LogP contribution in [0, 0.1) is 0 Å². The smallest absolute Gasteiger partial charge is 0.258 e. The molecule has 0 unspecified atom stereocenters. The molecule has 1 aliphatic heterocycles. The van der Waals surface area contributed by atoms with Crippen LogP contribution in [-0.4, -0.2) is 37.9 Å². The molecule has 0 aromatic rings. The van der Waals surface area contributed by atoms with E-state index in [1.165, 1.54) is 32.2 Å². The van der Waals surface area contributed by atoms with Gasteiger partial charge in [-0.3, -0.25) is 0 Å². The maximum atomic E-state index is 3.75. The van der Waals surface area contributed by atoms with Gasteiger partial charge in [0.15, 0.2) is 0 Å². The third-order valence-corrected chi connectivity index (χ3v) is 5.58. The predicted octanol–water partition coefficient (Wildman–Crippen LogP) is 3.67. The van der Waals surface area contributed by atoms with Gasteiger partial charge in [0.1, 0.15) is 0 Å². The normalized spacial score (nSPS) is 24.2. The summed E-state index contributed by atoms with van der Waals surface area (Å²) in [4.78, 5) is 2.27. The van der Waals surface area contributed by atoms with Gasteiger partial charge >= 0.3 is 0 Å². The largest absolute Gasteiger partial charge is 0.347 e. The molecule has 1 saturated heterocycles. The van der Waals surface area contributed by atoms with Crippen LogP contribution < -0.4 is 5.23 Å². The minimum Gasteiger partial charge on any atom is -0.347 e. The maximum absolute atomic E-state index is 3.75. The molecule has 1 fully saturated rings. The van der Waals surface area contributed by atoms with E-state index >= 15 is 0 Å². The van der Waals surface area contributed by atoms with Gasteiger partial charge in [-0.15, -0.1) is 0 Å². The summed E-state index contributed by atoms with van der Waals surface area (Å²) in [5.74, 6) is 0. The van der Waals surface area contributed by atoms with Crippen LogP contribution in [0.3, 0.4) is 0 Å². The molecule has 20 heavy (non-hydrogen) atoms. The lowest BCUT2D eigenvalue weighted by Gasteiger charge is -2.59. The van der Waals surface area contributed by atoms with Crippen LogP contribution in [0.15, 0.2) is 23.2 Å². The van der Waals surface area contributed by atoms with Gasteiger partial charge in [0.2, 0.25) is 0 Å². The molecule has 0 amide bonds. The Bertz CT molecular complexity index is 419. The highest BCUT2D eigenvalue weighted by molar-refractivity contribution is 6.71. The van der Waals surface area contributed by atoms with Gasteiger partial charge in [-0.25, -0.2) is 0 Å². The zero-order valence-corrected chi connectivity index (χ0v) is 14.2. The van der Waals surface area contributed by atoms with E-state index in [0.29, 0.717) is 12.2 Å². The van der Waals surface area contributed by atoms with Crippen molar-refractivity contribution in [2.24, 2.45) is 0 Å². The predicted molar refractivity (Wildman–Crippen MR) is 90.2 cm³/mol. The SMILES string of the molecule is CN(C)CCCC1=CC=C(B2NC(C)(C)C2(C)C)CC1. The molecular weight excluding hydrogens is 243 g/mol. The topological polar surface area (TPSA) is 15.3 Å². The van der Waals surface area contributed by atoms with Crippen LogP contribution in [0.4, 0.5) is 0 Å². The van der Waals surface area contributed by atoms with Gasteiger partial charge in [-0.1, -0.05) is 37.0 Å². The average molecular weight is 274 g/mol. The molecule has 2 nitrogen and oxygen atoms in total. The van der Waals surface area contributed by atoms with Gasteiger partial charge in [-0.2, -0.15) is 0 Å². The first-order chi connectivity index (χ1) is 9.24. The number of rotatable bonds is 5. The quantitative estimate of drug-likeness (QED) is 0.769. The Morgan fingerprint density at radius 1 is 1.15 bits per heavy atom. The first kappa shape index (κ1) is 15.8. The van der Waals surface area contributed by atoms with Gasteiger partial charge in [0.05, 0.1) is 0 Å². The third-order valence-electron chi connectivity index (χ3n) is 5.58. The summed E-state index contributed by atoms with van der Waals surface area (Å²) in [6.45, 7) is 11.2. The molecule has 0 saturated carbocycles. The molecule has 0 atom stereocenters. The number of nitrogens with one attached hydrogen (secondary N) is 1. The Morgan fingerprint density at radius 2 is 1.85 bits per heavy atom. The summed E-state index contributed by atoms with van der Waals surface area (Å²) in [7, 11) is 4.30. The number of hydrogen-bond donors (Lipinski definition) is 1. The van der Waals surface area contributed by atoms with Gasteiger partial charge in [0, 0.05) is 5.54 Å². The summed E-state index contributed by atoms with van der Waals surface area (Å²) in [5.41, 5.74) is 3.49. The summed E-state index contributed by atoms with van der Waals surface area (Å²) in [6.07, 6.45) is 9.82. The van der Waals surface area contributed by atoms with Crippen molar-refractivity contribution < 1.29 is 0 Å². The second-order valence-corrected chi connectivity index (χ2v) is 7.90. The number of hydrogen-bond acceptors (Lipinski definition) is 2. The lowest BCUT2D eigenvalue weighted by atomic mass is 9.26. The van der Waals surface area contributed by atoms with Gasteiger partial charge in [0.25, 0.3) is 6.85 Å². The highest BCUT2D eigenvalue weighted by Crippen LogP contribution is 2.51. The lowest BCUT2D eigenvalue weighted by Crippen LogP contribution is -2.73. The summed E-state index contributed by atoms with van der Waals surface area (Å²) < 4.78 is 0. The standard InChI is InChI=1S/C17H31BN2/c1-16(2)17(3,4)19-18(16)15-11-9-14(10-12-15)8-7-13-20(5)6/h9,11,19H,7-8,10,12-13H2,1-6H3. The van der Waals surface area contributed by atoms with Crippen molar-refractivity contribution in [3.8, 4) is 0 Å². The fraction of sp³-hybridized carbons (Fsp3) is 0.765. The summed E-state index contributed by atoms with van der Waals surface area (Å²) in [5, 5.41) is 4.10. The van der Waals surface area contributed by atoms with Crippen molar-refractivity contribution in [1.29, 1.82) is 0 Å². The Hall–Kier alpha value is -0.535. The van der Waals surface area contributed by atoms with Gasteiger partial charge in [-0.05, 0) is 65.5 Å². The molecule has 0 spiro atoms. The summed E-state index contributed by atoms with van der Waals surface area (Å²) in [6, 6.07) is 0.